The van der Waals surface area contributed by atoms with Gasteiger partial charge in [0.25, 0.3) is 0 Å². The van der Waals surface area contributed by atoms with Crippen LogP contribution in [-0.4, -0.2) is 22.3 Å². The minimum absolute atomic E-state index is 0.653. The molecule has 1 aromatic rings. The quantitative estimate of drug-likeness (QED) is 0.864. The number of nitrogens with zero attached hydrogens (tertiary/aromatic N) is 2. The lowest BCUT2D eigenvalue weighted by Crippen LogP contribution is -2.06. The molecule has 0 saturated heterocycles. The molecular weight excluding hydrogens is 322 g/mol. The van der Waals surface area contributed by atoms with E-state index in [-0.39, 0.29) is 0 Å². The van der Waals surface area contributed by atoms with Crippen LogP contribution in [0, 0.1) is 0 Å². The lowest BCUT2D eigenvalue weighted by Gasteiger charge is -2.12. The first kappa shape index (κ1) is 13.7. The van der Waals surface area contributed by atoms with E-state index >= 15 is 0 Å². The molecule has 0 aliphatic heterocycles. The Morgan fingerprint density at radius 1 is 1.21 bits per heavy atom. The summed E-state index contributed by atoms with van der Waals surface area (Å²) in [6, 6.07) is 0. The summed E-state index contributed by atoms with van der Waals surface area (Å²) in [5, 5.41) is 4.01. The molecule has 0 aromatic carbocycles. The molecule has 19 heavy (non-hydrogen) atoms. The van der Waals surface area contributed by atoms with Crippen molar-refractivity contribution in [3.8, 4) is 0 Å². The Kier molecular flexibility index (Phi) is 4.32. The van der Waals surface area contributed by atoms with Crippen molar-refractivity contribution in [2.45, 2.75) is 55.4 Å². The molecule has 0 bridgehead atoms. The minimum atomic E-state index is 0.653. The Bertz CT molecular complexity index is 456. The second-order valence-corrected chi connectivity index (χ2v) is 7.51. The molecule has 0 spiro atoms. The van der Waals surface area contributed by atoms with Crippen molar-refractivity contribution in [1.82, 2.24) is 9.97 Å². The van der Waals surface area contributed by atoms with E-state index < -0.39 is 0 Å². The van der Waals surface area contributed by atoms with E-state index in [1.807, 2.05) is 18.8 Å². The summed E-state index contributed by atoms with van der Waals surface area (Å²) in [6.07, 6.45) is 8.08. The minimum Gasteiger partial charge on any atom is -0.372 e. The van der Waals surface area contributed by atoms with Gasteiger partial charge in [0.2, 0.25) is 0 Å². The fourth-order valence-corrected chi connectivity index (χ4v) is 4.50. The third kappa shape index (κ3) is 3.24. The summed E-state index contributed by atoms with van der Waals surface area (Å²) in [4.78, 5) is 9.42. The lowest BCUT2D eigenvalue weighted by atomic mass is 10.2. The van der Waals surface area contributed by atoms with Gasteiger partial charge in [0.05, 0.1) is 15.9 Å². The average molecular weight is 342 g/mol. The van der Waals surface area contributed by atoms with E-state index in [4.69, 9.17) is 4.98 Å². The van der Waals surface area contributed by atoms with Crippen molar-refractivity contribution >= 4 is 33.5 Å². The summed E-state index contributed by atoms with van der Waals surface area (Å²) < 4.78 is 1.06. The Hall–Kier alpha value is -0.290. The van der Waals surface area contributed by atoms with Crippen LogP contribution in [-0.2, 0) is 5.75 Å². The molecule has 2 saturated carbocycles. The lowest BCUT2D eigenvalue weighted by molar-refractivity contribution is 0.886. The Morgan fingerprint density at radius 2 is 1.95 bits per heavy atom. The van der Waals surface area contributed by atoms with Crippen LogP contribution in [0.4, 0.5) is 5.82 Å². The van der Waals surface area contributed by atoms with Gasteiger partial charge in [-0.05, 0) is 41.6 Å². The number of anilines is 1. The largest absolute Gasteiger partial charge is 0.372 e. The van der Waals surface area contributed by atoms with Gasteiger partial charge in [-0.25, -0.2) is 9.97 Å². The van der Waals surface area contributed by atoms with Gasteiger partial charge in [0.1, 0.15) is 11.6 Å². The molecule has 2 fully saturated rings. The molecule has 0 atom stereocenters. The Balaban J connectivity index is 1.74. The van der Waals surface area contributed by atoms with Crippen molar-refractivity contribution in [2.75, 3.05) is 12.4 Å². The van der Waals surface area contributed by atoms with E-state index in [0.717, 1.165) is 27.1 Å². The third-order valence-electron chi connectivity index (χ3n) is 3.87. The highest BCUT2D eigenvalue weighted by Gasteiger charge is 2.29. The molecule has 3 nitrogen and oxygen atoms in total. The SMILES string of the molecule is CNc1nc(CSC2CCCC2)nc(C2CC2)c1Br. The van der Waals surface area contributed by atoms with Crippen LogP contribution < -0.4 is 5.32 Å². The van der Waals surface area contributed by atoms with Gasteiger partial charge in [-0.3, -0.25) is 0 Å². The first-order valence-electron chi connectivity index (χ1n) is 7.13. The normalized spacial score (nSPS) is 19.9. The van der Waals surface area contributed by atoms with Crippen molar-refractivity contribution < 1.29 is 0 Å². The van der Waals surface area contributed by atoms with Crippen LogP contribution in [0.5, 0.6) is 0 Å². The van der Waals surface area contributed by atoms with Crippen molar-refractivity contribution in [3.63, 3.8) is 0 Å². The summed E-state index contributed by atoms with van der Waals surface area (Å²) in [6.45, 7) is 0. The van der Waals surface area contributed by atoms with Crippen LogP contribution >= 0.6 is 27.7 Å². The molecule has 3 rings (SSSR count). The van der Waals surface area contributed by atoms with Crippen molar-refractivity contribution in [1.29, 1.82) is 0 Å². The van der Waals surface area contributed by atoms with Crippen molar-refractivity contribution in [2.24, 2.45) is 0 Å². The number of thioether (sulfide) groups is 1. The maximum atomic E-state index is 4.79. The zero-order chi connectivity index (χ0) is 13.2. The standard InChI is InChI=1S/C14H20BrN3S/c1-16-14-12(15)13(9-6-7-9)17-11(18-14)8-19-10-4-2-3-5-10/h9-10H,2-8H2,1H3,(H,16,17,18). The molecule has 0 unspecified atom stereocenters. The summed E-state index contributed by atoms with van der Waals surface area (Å²) in [5.41, 5.74) is 1.21. The highest BCUT2D eigenvalue weighted by Crippen LogP contribution is 2.44. The van der Waals surface area contributed by atoms with E-state index in [9.17, 15) is 0 Å². The first-order chi connectivity index (χ1) is 9.28. The molecular formula is C14H20BrN3S. The molecule has 1 N–H and O–H groups in total. The highest BCUT2D eigenvalue weighted by atomic mass is 79.9. The smallest absolute Gasteiger partial charge is 0.144 e. The summed E-state index contributed by atoms with van der Waals surface area (Å²) >= 11 is 5.67. The number of hydrogen-bond acceptors (Lipinski definition) is 4. The monoisotopic (exact) mass is 341 g/mol. The zero-order valence-corrected chi connectivity index (χ0v) is 13.7. The second-order valence-electron chi connectivity index (χ2n) is 5.43. The van der Waals surface area contributed by atoms with Gasteiger partial charge in [-0.1, -0.05) is 12.8 Å². The Morgan fingerprint density at radius 3 is 2.58 bits per heavy atom. The second kappa shape index (κ2) is 6.00. The van der Waals surface area contributed by atoms with E-state index in [0.29, 0.717) is 5.92 Å². The van der Waals surface area contributed by atoms with Gasteiger partial charge < -0.3 is 5.32 Å². The molecule has 104 valence electrons. The molecule has 1 aromatic heterocycles. The van der Waals surface area contributed by atoms with Crippen LogP contribution in [0.2, 0.25) is 0 Å². The average Bonchev–Trinajstić information content (AvgIpc) is 3.13. The molecule has 0 radical (unpaired) electrons. The highest BCUT2D eigenvalue weighted by molar-refractivity contribution is 9.10. The van der Waals surface area contributed by atoms with Crippen LogP contribution in [0.15, 0.2) is 4.47 Å². The predicted octanol–water partition coefficient (Wildman–Crippen LogP) is 4.33. The molecule has 2 aliphatic carbocycles. The van der Waals surface area contributed by atoms with E-state index in [2.05, 4.69) is 26.2 Å². The summed E-state index contributed by atoms with van der Waals surface area (Å²) in [5.74, 6) is 3.54. The van der Waals surface area contributed by atoms with Gasteiger partial charge in [-0.2, -0.15) is 11.8 Å². The van der Waals surface area contributed by atoms with Crippen LogP contribution in [0.1, 0.15) is 56.0 Å². The molecule has 1 heterocycles. The number of hydrogen-bond donors (Lipinski definition) is 1. The maximum absolute atomic E-state index is 4.79. The fraction of sp³-hybridized carbons (Fsp3) is 0.714. The maximum Gasteiger partial charge on any atom is 0.144 e. The predicted molar refractivity (Wildman–Crippen MR) is 84.8 cm³/mol. The van der Waals surface area contributed by atoms with E-state index in [1.54, 1.807) is 0 Å². The zero-order valence-electron chi connectivity index (χ0n) is 11.3. The van der Waals surface area contributed by atoms with Gasteiger partial charge >= 0.3 is 0 Å². The van der Waals surface area contributed by atoms with Crippen LogP contribution in [0.25, 0.3) is 0 Å². The van der Waals surface area contributed by atoms with Gasteiger partial charge in [-0.15, -0.1) is 0 Å². The van der Waals surface area contributed by atoms with Crippen molar-refractivity contribution in [3.05, 3.63) is 16.0 Å². The molecule has 0 amide bonds. The summed E-state index contributed by atoms with van der Waals surface area (Å²) in [7, 11) is 1.93. The number of halogens is 1. The topological polar surface area (TPSA) is 37.8 Å². The first-order valence-corrected chi connectivity index (χ1v) is 8.97. The molecule has 5 heteroatoms. The number of nitrogens with one attached hydrogen (secondary N) is 1. The molecule has 2 aliphatic rings. The van der Waals surface area contributed by atoms with Crippen LogP contribution in [0.3, 0.4) is 0 Å². The van der Waals surface area contributed by atoms with Gasteiger partial charge in [0.15, 0.2) is 0 Å². The number of rotatable bonds is 5. The third-order valence-corrected chi connectivity index (χ3v) is 6.02. The number of aromatic nitrogens is 2. The fourth-order valence-electron chi connectivity index (χ4n) is 2.62. The van der Waals surface area contributed by atoms with Gasteiger partial charge in [0, 0.05) is 18.2 Å². The Labute approximate surface area is 127 Å². The van der Waals surface area contributed by atoms with E-state index in [1.165, 1.54) is 44.2 Å².